The zero-order chi connectivity index (χ0) is 14.0. The summed E-state index contributed by atoms with van der Waals surface area (Å²) in [4.78, 5) is 12.0. The number of aromatic nitrogens is 2. The first-order chi connectivity index (χ1) is 8.95. The van der Waals surface area contributed by atoms with Crippen molar-refractivity contribution in [2.24, 2.45) is 0 Å². The molecular weight excluding hydrogens is 240 g/mol. The summed E-state index contributed by atoms with van der Waals surface area (Å²) < 4.78 is 6.92. The molecule has 0 atom stereocenters. The van der Waals surface area contributed by atoms with Crippen LogP contribution in [0.15, 0.2) is 24.3 Å². The molecule has 0 bridgehead atoms. The molecule has 1 aromatic heterocycles. The Labute approximate surface area is 113 Å². The molecule has 0 fully saturated rings. The zero-order valence-corrected chi connectivity index (χ0v) is 11.7. The molecule has 100 valence electrons. The number of nitrogens with zero attached hydrogens (tertiary/aromatic N) is 2. The van der Waals surface area contributed by atoms with Crippen molar-refractivity contribution in [1.82, 2.24) is 9.78 Å². The number of carbonyl (C=O) groups is 1. The second-order valence-electron chi connectivity index (χ2n) is 4.84. The predicted octanol–water partition coefficient (Wildman–Crippen LogP) is 2.84. The van der Waals surface area contributed by atoms with Crippen LogP contribution in [-0.2, 0) is 0 Å². The third-order valence-electron chi connectivity index (χ3n) is 2.80. The number of hydrogen-bond acceptors (Lipinski definition) is 3. The molecule has 0 saturated heterocycles. The van der Waals surface area contributed by atoms with Gasteiger partial charge < -0.3 is 4.74 Å². The number of ether oxygens (including phenoxy) is 1. The highest BCUT2D eigenvalue weighted by Crippen LogP contribution is 2.16. The predicted molar refractivity (Wildman–Crippen MR) is 73.7 cm³/mol. The first-order valence-corrected chi connectivity index (χ1v) is 6.23. The molecule has 2 rings (SSSR count). The summed E-state index contributed by atoms with van der Waals surface area (Å²) in [6.45, 7) is 7.71. The highest BCUT2D eigenvalue weighted by molar-refractivity contribution is 5.80. The summed E-state index contributed by atoms with van der Waals surface area (Å²) in [5.41, 5.74) is 3.89. The summed E-state index contributed by atoms with van der Waals surface area (Å²) >= 11 is 0. The van der Waals surface area contributed by atoms with Crippen molar-refractivity contribution in [3.8, 4) is 5.75 Å². The Hall–Kier alpha value is -2.10. The molecule has 0 aliphatic carbocycles. The monoisotopic (exact) mass is 258 g/mol. The smallest absolute Gasteiger partial charge is 0.284 e. The van der Waals surface area contributed by atoms with Gasteiger partial charge in [-0.2, -0.15) is 5.10 Å². The van der Waals surface area contributed by atoms with Crippen molar-refractivity contribution in [1.29, 1.82) is 0 Å². The molecule has 4 nitrogen and oxygen atoms in total. The molecule has 0 N–H and O–H groups in total. The summed E-state index contributed by atoms with van der Waals surface area (Å²) in [6.07, 6.45) is 0. The average molecular weight is 258 g/mol. The minimum atomic E-state index is -0.162. The highest BCUT2D eigenvalue weighted by atomic mass is 16.5. The van der Waals surface area contributed by atoms with E-state index in [4.69, 9.17) is 4.74 Å². The zero-order valence-electron chi connectivity index (χ0n) is 11.7. The first-order valence-electron chi connectivity index (χ1n) is 6.23. The van der Waals surface area contributed by atoms with E-state index in [2.05, 4.69) is 11.2 Å². The Kier molecular flexibility index (Phi) is 3.69. The molecule has 0 saturated carbocycles. The van der Waals surface area contributed by atoms with Crippen molar-refractivity contribution in [3.05, 3.63) is 46.8 Å². The molecule has 19 heavy (non-hydrogen) atoms. The minimum absolute atomic E-state index is 0.00907. The van der Waals surface area contributed by atoms with E-state index >= 15 is 0 Å². The van der Waals surface area contributed by atoms with Crippen molar-refractivity contribution in [3.63, 3.8) is 0 Å². The molecule has 0 aliphatic heterocycles. The van der Waals surface area contributed by atoms with Crippen molar-refractivity contribution >= 4 is 5.91 Å². The average Bonchev–Trinajstić information content (AvgIpc) is 2.64. The largest absolute Gasteiger partial charge is 0.484 e. The Morgan fingerprint density at radius 3 is 2.26 bits per heavy atom. The van der Waals surface area contributed by atoms with Crippen molar-refractivity contribution in [2.45, 2.75) is 27.7 Å². The van der Waals surface area contributed by atoms with Crippen LogP contribution in [-0.4, -0.2) is 22.3 Å². The van der Waals surface area contributed by atoms with Crippen molar-refractivity contribution in [2.75, 3.05) is 6.61 Å². The van der Waals surface area contributed by atoms with Crippen LogP contribution in [0.2, 0.25) is 0 Å². The van der Waals surface area contributed by atoms with Crippen molar-refractivity contribution < 1.29 is 9.53 Å². The molecule has 0 unspecified atom stereocenters. The van der Waals surface area contributed by atoms with Gasteiger partial charge >= 0.3 is 0 Å². The van der Waals surface area contributed by atoms with Gasteiger partial charge in [-0.3, -0.25) is 4.79 Å². The second-order valence-corrected chi connectivity index (χ2v) is 4.84. The lowest BCUT2D eigenvalue weighted by atomic mass is 10.1. The number of benzene rings is 1. The van der Waals surface area contributed by atoms with Crippen LogP contribution in [0.1, 0.15) is 27.3 Å². The molecule has 0 amide bonds. The van der Waals surface area contributed by atoms with Gasteiger partial charge in [-0.15, -0.1) is 0 Å². The fraction of sp³-hybridized carbons (Fsp3) is 0.333. The number of carbonyl (C=O) groups excluding carboxylic acids is 1. The highest BCUT2D eigenvalue weighted by Gasteiger charge is 2.11. The lowest BCUT2D eigenvalue weighted by Crippen LogP contribution is -2.21. The number of rotatable bonds is 3. The molecular formula is C15H18N2O2. The van der Waals surface area contributed by atoms with E-state index in [0.29, 0.717) is 5.75 Å². The first kappa shape index (κ1) is 13.3. The fourth-order valence-corrected chi connectivity index (χ4v) is 2.10. The summed E-state index contributed by atoms with van der Waals surface area (Å²) in [5, 5.41) is 4.14. The van der Waals surface area contributed by atoms with E-state index in [1.807, 2.05) is 45.9 Å². The summed E-state index contributed by atoms with van der Waals surface area (Å²) in [6, 6.07) is 7.77. The SMILES string of the molecule is Cc1cc(C)cc(OCC(=O)n2nc(C)cc2C)c1. The summed E-state index contributed by atoms with van der Waals surface area (Å²) in [7, 11) is 0. The molecule has 0 radical (unpaired) electrons. The van der Waals surface area contributed by atoms with E-state index in [1.54, 1.807) is 0 Å². The van der Waals surface area contributed by atoms with Gasteiger partial charge in [-0.05, 0) is 57.0 Å². The van der Waals surface area contributed by atoms with Crippen LogP contribution in [0.3, 0.4) is 0 Å². The minimum Gasteiger partial charge on any atom is -0.484 e. The number of hydrogen-bond donors (Lipinski definition) is 0. The van der Waals surface area contributed by atoms with Gasteiger partial charge in [0, 0.05) is 5.69 Å². The molecule has 1 aromatic carbocycles. The molecule has 4 heteroatoms. The van der Waals surface area contributed by atoms with Gasteiger partial charge in [0.2, 0.25) is 0 Å². The Balaban J connectivity index is 2.06. The van der Waals surface area contributed by atoms with Gasteiger partial charge in [0.05, 0.1) is 5.69 Å². The van der Waals surface area contributed by atoms with Crippen LogP contribution in [0, 0.1) is 27.7 Å². The normalized spacial score (nSPS) is 10.5. The maximum Gasteiger partial charge on any atom is 0.284 e. The van der Waals surface area contributed by atoms with E-state index in [1.165, 1.54) is 4.68 Å². The second kappa shape index (κ2) is 5.26. The molecule has 2 aromatic rings. The number of aryl methyl sites for hydroxylation is 4. The molecule has 0 spiro atoms. The van der Waals surface area contributed by atoms with Crippen LogP contribution >= 0.6 is 0 Å². The van der Waals surface area contributed by atoms with Gasteiger partial charge in [0.1, 0.15) is 5.75 Å². The van der Waals surface area contributed by atoms with Gasteiger partial charge in [0.15, 0.2) is 6.61 Å². The topological polar surface area (TPSA) is 44.1 Å². The summed E-state index contributed by atoms with van der Waals surface area (Å²) in [5.74, 6) is 0.553. The van der Waals surface area contributed by atoms with Crippen LogP contribution in [0.25, 0.3) is 0 Å². The lowest BCUT2D eigenvalue weighted by molar-refractivity contribution is 0.0818. The standard InChI is InChI=1S/C15H18N2O2/c1-10-5-11(2)7-14(6-10)19-9-15(18)17-13(4)8-12(3)16-17/h5-8H,9H2,1-4H3. The van der Waals surface area contributed by atoms with Crippen LogP contribution in [0.5, 0.6) is 5.75 Å². The van der Waals surface area contributed by atoms with E-state index in [-0.39, 0.29) is 12.5 Å². The van der Waals surface area contributed by atoms with Crippen LogP contribution < -0.4 is 4.74 Å². The maximum absolute atomic E-state index is 12.0. The van der Waals surface area contributed by atoms with Gasteiger partial charge in [-0.1, -0.05) is 6.07 Å². The lowest BCUT2D eigenvalue weighted by Gasteiger charge is -2.08. The maximum atomic E-state index is 12.0. The fourth-order valence-electron chi connectivity index (χ4n) is 2.10. The molecule has 0 aliphatic rings. The molecule has 1 heterocycles. The third-order valence-corrected chi connectivity index (χ3v) is 2.80. The third kappa shape index (κ3) is 3.22. The van der Waals surface area contributed by atoms with E-state index < -0.39 is 0 Å². The van der Waals surface area contributed by atoms with Gasteiger partial charge in [0.25, 0.3) is 5.91 Å². The van der Waals surface area contributed by atoms with Crippen LogP contribution in [0.4, 0.5) is 0 Å². The Morgan fingerprint density at radius 1 is 1.11 bits per heavy atom. The van der Waals surface area contributed by atoms with Gasteiger partial charge in [-0.25, -0.2) is 4.68 Å². The van der Waals surface area contributed by atoms with E-state index in [9.17, 15) is 4.79 Å². The van der Waals surface area contributed by atoms with E-state index in [0.717, 1.165) is 22.5 Å². The Bertz CT molecular complexity index is 594. The quantitative estimate of drug-likeness (QED) is 0.850. The Morgan fingerprint density at radius 2 is 1.74 bits per heavy atom.